The van der Waals surface area contributed by atoms with Gasteiger partial charge in [-0.1, -0.05) is 6.07 Å². The summed E-state index contributed by atoms with van der Waals surface area (Å²) in [6, 6.07) is 5.06. The van der Waals surface area contributed by atoms with Gasteiger partial charge in [-0.3, -0.25) is 4.90 Å². The lowest BCUT2D eigenvalue weighted by molar-refractivity contribution is -0.193. The van der Waals surface area contributed by atoms with Gasteiger partial charge in [0, 0.05) is 43.5 Å². The quantitative estimate of drug-likeness (QED) is 0.580. The van der Waals surface area contributed by atoms with Gasteiger partial charge < -0.3 is 24.6 Å². The van der Waals surface area contributed by atoms with E-state index in [1.807, 2.05) is 6.07 Å². The molecule has 1 aromatic rings. The van der Waals surface area contributed by atoms with E-state index >= 15 is 0 Å². The van der Waals surface area contributed by atoms with Crippen molar-refractivity contribution in [3.05, 3.63) is 23.9 Å². The van der Waals surface area contributed by atoms with Gasteiger partial charge in [0.2, 0.25) is 5.88 Å². The number of carboxylic acids is 2. The SMILES string of the molecule is COc1ncccc1CN1C[C@H](N(C)C)[C@@H]2OCCC[C@@H]21.O=C(O)C(F)(F)F.O=C(O)C(F)(F)F. The van der Waals surface area contributed by atoms with Crippen LogP contribution in [0.2, 0.25) is 0 Å². The second-order valence-corrected chi connectivity index (χ2v) is 7.78. The van der Waals surface area contributed by atoms with Crippen molar-refractivity contribution in [1.82, 2.24) is 14.8 Å². The van der Waals surface area contributed by atoms with E-state index in [4.69, 9.17) is 29.3 Å². The number of pyridine rings is 1. The Morgan fingerprint density at radius 2 is 1.71 bits per heavy atom. The van der Waals surface area contributed by atoms with Gasteiger partial charge in [0.05, 0.1) is 13.2 Å². The fourth-order valence-corrected chi connectivity index (χ4v) is 3.61. The van der Waals surface area contributed by atoms with Gasteiger partial charge in [0.1, 0.15) is 0 Å². The van der Waals surface area contributed by atoms with Crippen molar-refractivity contribution in [2.75, 3.05) is 34.4 Å². The number of ether oxygens (including phenoxy) is 2. The molecule has 2 aliphatic heterocycles. The lowest BCUT2D eigenvalue weighted by atomic mass is 10.0. The summed E-state index contributed by atoms with van der Waals surface area (Å²) in [7, 11) is 5.98. The molecule has 3 atom stereocenters. The molecule has 15 heteroatoms. The Morgan fingerprint density at radius 3 is 2.17 bits per heavy atom. The molecule has 35 heavy (non-hydrogen) atoms. The summed E-state index contributed by atoms with van der Waals surface area (Å²) in [5.41, 5.74) is 1.16. The van der Waals surface area contributed by atoms with Gasteiger partial charge >= 0.3 is 24.3 Å². The number of hydrogen-bond donors (Lipinski definition) is 2. The second kappa shape index (κ2) is 12.9. The minimum absolute atomic E-state index is 0.330. The van der Waals surface area contributed by atoms with Gasteiger partial charge in [0.15, 0.2) is 0 Å². The fraction of sp³-hybridized carbons (Fsp3) is 0.650. The molecule has 2 saturated heterocycles. The van der Waals surface area contributed by atoms with Crippen LogP contribution in [0.5, 0.6) is 5.88 Å². The minimum Gasteiger partial charge on any atom is -0.481 e. The van der Waals surface area contributed by atoms with Crippen LogP contribution in [-0.2, 0) is 20.9 Å². The molecular formula is C20H27F6N3O6. The summed E-state index contributed by atoms with van der Waals surface area (Å²) in [6.45, 7) is 2.82. The molecule has 0 unspecified atom stereocenters. The number of aromatic nitrogens is 1. The third kappa shape index (κ3) is 9.49. The third-order valence-electron chi connectivity index (χ3n) is 5.17. The van der Waals surface area contributed by atoms with Gasteiger partial charge in [0.25, 0.3) is 0 Å². The van der Waals surface area contributed by atoms with Crippen LogP contribution >= 0.6 is 0 Å². The van der Waals surface area contributed by atoms with Crippen LogP contribution in [-0.4, -0.2) is 102 Å². The van der Waals surface area contributed by atoms with Crippen molar-refractivity contribution in [2.45, 2.75) is 49.9 Å². The highest BCUT2D eigenvalue weighted by atomic mass is 19.4. The largest absolute Gasteiger partial charge is 0.490 e. The zero-order valence-corrected chi connectivity index (χ0v) is 19.1. The van der Waals surface area contributed by atoms with Crippen molar-refractivity contribution in [3.8, 4) is 5.88 Å². The van der Waals surface area contributed by atoms with Crippen LogP contribution < -0.4 is 4.74 Å². The molecule has 0 radical (unpaired) electrons. The molecular weight excluding hydrogens is 492 g/mol. The van der Waals surface area contributed by atoms with Crippen LogP contribution in [0, 0.1) is 0 Å². The number of halogens is 6. The Bertz CT molecular complexity index is 812. The van der Waals surface area contributed by atoms with Crippen molar-refractivity contribution in [3.63, 3.8) is 0 Å². The predicted octanol–water partition coefficient (Wildman–Crippen LogP) is 2.65. The first-order valence-corrected chi connectivity index (χ1v) is 10.2. The molecule has 2 N–H and O–H groups in total. The molecule has 0 aliphatic carbocycles. The number of hydrogen-bond acceptors (Lipinski definition) is 7. The number of carboxylic acid groups (broad SMARTS) is 2. The third-order valence-corrected chi connectivity index (χ3v) is 5.17. The van der Waals surface area contributed by atoms with E-state index in [2.05, 4.69) is 34.9 Å². The summed E-state index contributed by atoms with van der Waals surface area (Å²) in [5, 5.41) is 14.2. The van der Waals surface area contributed by atoms with E-state index in [0.29, 0.717) is 18.2 Å². The zero-order chi connectivity index (χ0) is 27.0. The summed E-state index contributed by atoms with van der Waals surface area (Å²) < 4.78 is 74.9. The highest BCUT2D eigenvalue weighted by Gasteiger charge is 2.45. The van der Waals surface area contributed by atoms with Gasteiger partial charge in [-0.15, -0.1) is 0 Å². The highest BCUT2D eigenvalue weighted by Crippen LogP contribution is 2.33. The number of alkyl halides is 6. The van der Waals surface area contributed by atoms with Crippen molar-refractivity contribution >= 4 is 11.9 Å². The van der Waals surface area contributed by atoms with Crippen LogP contribution in [0.3, 0.4) is 0 Å². The Balaban J connectivity index is 0.000000362. The fourth-order valence-electron chi connectivity index (χ4n) is 3.61. The number of carbonyl (C=O) groups is 2. The first-order chi connectivity index (χ1) is 16.1. The maximum atomic E-state index is 10.6. The number of methoxy groups -OCH3 is 1. The van der Waals surface area contributed by atoms with E-state index < -0.39 is 24.3 Å². The molecule has 200 valence electrons. The van der Waals surface area contributed by atoms with Crippen LogP contribution in [0.25, 0.3) is 0 Å². The Morgan fingerprint density at radius 1 is 1.17 bits per heavy atom. The van der Waals surface area contributed by atoms with Crippen LogP contribution in [0.1, 0.15) is 18.4 Å². The topological polar surface area (TPSA) is 112 Å². The van der Waals surface area contributed by atoms with Crippen LogP contribution in [0.15, 0.2) is 18.3 Å². The molecule has 0 bridgehead atoms. The van der Waals surface area contributed by atoms with Crippen molar-refractivity contribution in [1.29, 1.82) is 0 Å². The average Bonchev–Trinajstić information content (AvgIpc) is 3.12. The highest BCUT2D eigenvalue weighted by molar-refractivity contribution is 5.73. The number of aliphatic carboxylic acids is 2. The lowest BCUT2D eigenvalue weighted by Crippen LogP contribution is -2.45. The monoisotopic (exact) mass is 519 g/mol. The molecule has 9 nitrogen and oxygen atoms in total. The van der Waals surface area contributed by atoms with E-state index in [1.54, 1.807) is 13.3 Å². The molecule has 3 rings (SSSR count). The van der Waals surface area contributed by atoms with Crippen LogP contribution in [0.4, 0.5) is 26.3 Å². The van der Waals surface area contributed by atoms with E-state index in [9.17, 15) is 26.3 Å². The maximum absolute atomic E-state index is 10.6. The summed E-state index contributed by atoms with van der Waals surface area (Å²) in [5.74, 6) is -4.78. The Labute approximate surface area is 197 Å². The molecule has 0 spiro atoms. The molecule has 0 amide bonds. The summed E-state index contributed by atoms with van der Waals surface area (Å²) in [6.07, 6.45) is -5.68. The molecule has 3 heterocycles. The first-order valence-electron chi connectivity index (χ1n) is 10.2. The molecule has 2 fully saturated rings. The molecule has 1 aromatic heterocycles. The predicted molar refractivity (Wildman–Crippen MR) is 109 cm³/mol. The smallest absolute Gasteiger partial charge is 0.481 e. The minimum atomic E-state index is -5.08. The van der Waals surface area contributed by atoms with Crippen molar-refractivity contribution < 1.29 is 55.6 Å². The number of fused-ring (bicyclic) bond motifs is 1. The molecule has 0 saturated carbocycles. The molecule has 0 aromatic carbocycles. The number of rotatable bonds is 4. The number of nitrogens with zero attached hydrogens (tertiary/aromatic N) is 3. The Hall–Kier alpha value is -2.65. The molecule has 2 aliphatic rings. The lowest BCUT2D eigenvalue weighted by Gasteiger charge is -2.33. The van der Waals surface area contributed by atoms with Gasteiger partial charge in [-0.25, -0.2) is 14.6 Å². The second-order valence-electron chi connectivity index (χ2n) is 7.78. The van der Waals surface area contributed by atoms with Gasteiger partial charge in [-0.05, 0) is 33.0 Å². The standard InChI is InChI=1S/C16H25N3O2.2C2HF3O2/c1-18(2)14-11-19(13-7-5-9-21-15(13)14)10-12-6-4-8-17-16(12)20-3;2*3-2(4,5)1(6)7/h4,6,8,13-15H,5,7,9-11H2,1-3H3;2*(H,6,7)/t13-,14-,15+;;/m0../s1. The normalized spacial score (nSPS) is 22.3. The van der Waals surface area contributed by atoms with E-state index in [1.165, 1.54) is 6.42 Å². The number of likely N-dealkylation sites (N-methyl/N-ethyl adjacent to an activating group) is 1. The first kappa shape index (κ1) is 30.4. The Kier molecular flexibility index (Phi) is 11.2. The van der Waals surface area contributed by atoms with Crippen molar-refractivity contribution in [2.24, 2.45) is 0 Å². The zero-order valence-electron chi connectivity index (χ0n) is 19.1. The number of likely N-dealkylation sites (tertiary alicyclic amines) is 1. The van der Waals surface area contributed by atoms with Gasteiger partial charge in [-0.2, -0.15) is 26.3 Å². The van der Waals surface area contributed by atoms with E-state index in [0.717, 1.165) is 37.6 Å². The summed E-state index contributed by atoms with van der Waals surface area (Å²) >= 11 is 0. The average molecular weight is 519 g/mol. The summed E-state index contributed by atoms with van der Waals surface area (Å²) in [4.78, 5) is 26.9. The van der Waals surface area contributed by atoms with E-state index in [-0.39, 0.29) is 0 Å². The maximum Gasteiger partial charge on any atom is 0.490 e.